The van der Waals surface area contributed by atoms with E-state index in [4.69, 9.17) is 0 Å². The van der Waals surface area contributed by atoms with Crippen LogP contribution in [0.15, 0.2) is 0 Å². The van der Waals surface area contributed by atoms with E-state index in [-0.39, 0.29) is 18.8 Å². The van der Waals surface area contributed by atoms with Crippen molar-refractivity contribution >= 4 is 17.8 Å². The second-order valence-electron chi connectivity index (χ2n) is 3.27. The van der Waals surface area contributed by atoms with Gasteiger partial charge >= 0.3 is 5.97 Å². The molecular weight excluding hydrogens is 174 g/mol. The molecule has 0 radical (unpaired) electrons. The van der Waals surface area contributed by atoms with Crippen LogP contribution in [0.25, 0.3) is 0 Å². The molecule has 1 aliphatic carbocycles. The number of carbonyl (C=O) groups is 3. The average Bonchev–Trinajstić information content (AvgIpc) is 2.88. The molecule has 5 nitrogen and oxygen atoms in total. The van der Waals surface area contributed by atoms with Gasteiger partial charge in [0.2, 0.25) is 0 Å². The third-order valence-electron chi connectivity index (χ3n) is 2.10. The number of imide groups is 1. The van der Waals surface area contributed by atoms with E-state index in [9.17, 15) is 14.4 Å². The minimum absolute atomic E-state index is 0.0961. The van der Waals surface area contributed by atoms with Crippen molar-refractivity contribution in [3.05, 3.63) is 0 Å². The smallest absolute Gasteiger partial charge is 0.330 e. The molecule has 0 aromatic heterocycles. The van der Waals surface area contributed by atoms with Crippen molar-refractivity contribution in [1.29, 1.82) is 0 Å². The molecule has 2 fully saturated rings. The topological polar surface area (TPSA) is 63.7 Å². The zero-order chi connectivity index (χ0) is 9.42. The molecular formula is C8H9NO4. The monoisotopic (exact) mass is 183 g/mol. The van der Waals surface area contributed by atoms with E-state index in [0.717, 1.165) is 12.8 Å². The number of hydrogen-bond donors (Lipinski definition) is 0. The van der Waals surface area contributed by atoms with Crippen LogP contribution in [0.2, 0.25) is 0 Å². The van der Waals surface area contributed by atoms with Crippen LogP contribution in [0, 0.1) is 5.92 Å². The highest BCUT2D eigenvalue weighted by molar-refractivity contribution is 6.01. The molecule has 5 heteroatoms. The van der Waals surface area contributed by atoms with E-state index in [2.05, 4.69) is 4.84 Å². The van der Waals surface area contributed by atoms with Crippen LogP contribution in [0.3, 0.4) is 0 Å². The van der Waals surface area contributed by atoms with Crippen LogP contribution in [-0.4, -0.2) is 22.8 Å². The number of hydrogen-bond acceptors (Lipinski definition) is 4. The van der Waals surface area contributed by atoms with Crippen molar-refractivity contribution < 1.29 is 19.2 Å². The van der Waals surface area contributed by atoms with Gasteiger partial charge in [0.25, 0.3) is 11.8 Å². The van der Waals surface area contributed by atoms with E-state index in [1.54, 1.807) is 0 Å². The maximum Gasteiger partial charge on any atom is 0.336 e. The minimum Gasteiger partial charge on any atom is -0.330 e. The molecule has 2 amide bonds. The molecule has 0 bridgehead atoms. The second-order valence-corrected chi connectivity index (χ2v) is 3.27. The fraction of sp³-hybridized carbons (Fsp3) is 0.625. The Balaban J connectivity index is 1.95. The normalized spacial score (nSPS) is 22.3. The van der Waals surface area contributed by atoms with Gasteiger partial charge in [-0.3, -0.25) is 9.59 Å². The van der Waals surface area contributed by atoms with Gasteiger partial charge in [-0.25, -0.2) is 4.79 Å². The quantitative estimate of drug-likeness (QED) is 0.565. The largest absolute Gasteiger partial charge is 0.336 e. The molecule has 0 atom stereocenters. The summed E-state index contributed by atoms with van der Waals surface area (Å²) in [5.41, 5.74) is 0. The van der Waals surface area contributed by atoms with Crippen molar-refractivity contribution in [2.24, 2.45) is 5.92 Å². The highest BCUT2D eigenvalue weighted by Crippen LogP contribution is 2.31. The zero-order valence-corrected chi connectivity index (χ0v) is 6.99. The molecule has 0 unspecified atom stereocenters. The third kappa shape index (κ3) is 1.54. The van der Waals surface area contributed by atoms with Crippen molar-refractivity contribution in [3.63, 3.8) is 0 Å². The predicted molar refractivity (Wildman–Crippen MR) is 39.9 cm³/mol. The lowest BCUT2D eigenvalue weighted by molar-refractivity contribution is -0.198. The molecule has 1 saturated carbocycles. The molecule has 1 saturated heterocycles. The lowest BCUT2D eigenvalue weighted by Gasteiger charge is -2.11. The van der Waals surface area contributed by atoms with Gasteiger partial charge in [0, 0.05) is 12.8 Å². The predicted octanol–water partition coefficient (Wildman–Crippen LogP) is 0.00360. The lowest BCUT2D eigenvalue weighted by atomic mass is 10.4. The molecule has 1 aliphatic heterocycles. The summed E-state index contributed by atoms with van der Waals surface area (Å²) >= 11 is 0. The van der Waals surface area contributed by atoms with Crippen LogP contribution in [0.4, 0.5) is 0 Å². The molecule has 0 aromatic carbocycles. The van der Waals surface area contributed by atoms with Gasteiger partial charge in [0.05, 0.1) is 5.92 Å². The van der Waals surface area contributed by atoms with Gasteiger partial charge in [-0.05, 0) is 12.8 Å². The van der Waals surface area contributed by atoms with E-state index in [1.165, 1.54) is 0 Å². The van der Waals surface area contributed by atoms with Gasteiger partial charge in [0.15, 0.2) is 0 Å². The zero-order valence-electron chi connectivity index (χ0n) is 6.99. The summed E-state index contributed by atoms with van der Waals surface area (Å²) in [4.78, 5) is 37.7. The summed E-state index contributed by atoms with van der Waals surface area (Å²) in [6.07, 6.45) is 1.90. The Morgan fingerprint density at radius 2 is 1.77 bits per heavy atom. The summed E-state index contributed by atoms with van der Waals surface area (Å²) < 4.78 is 0. The molecule has 0 N–H and O–H groups in total. The molecule has 0 aromatic rings. The molecule has 70 valence electrons. The van der Waals surface area contributed by atoms with E-state index in [0.29, 0.717) is 5.06 Å². The van der Waals surface area contributed by atoms with Gasteiger partial charge in [-0.15, -0.1) is 5.06 Å². The number of hydroxylamine groups is 2. The fourth-order valence-electron chi connectivity index (χ4n) is 1.14. The molecule has 0 spiro atoms. The summed E-state index contributed by atoms with van der Waals surface area (Å²) in [5.74, 6) is -1.39. The van der Waals surface area contributed by atoms with Gasteiger partial charge in [-0.1, -0.05) is 0 Å². The van der Waals surface area contributed by atoms with Crippen molar-refractivity contribution in [1.82, 2.24) is 5.06 Å². The van der Waals surface area contributed by atoms with E-state index < -0.39 is 17.8 Å². The summed E-state index contributed by atoms with van der Waals surface area (Å²) in [6.45, 7) is 0. The Labute approximate surface area is 74.6 Å². The van der Waals surface area contributed by atoms with Gasteiger partial charge in [0.1, 0.15) is 0 Å². The van der Waals surface area contributed by atoms with Gasteiger partial charge < -0.3 is 4.84 Å². The van der Waals surface area contributed by atoms with Crippen LogP contribution in [0.5, 0.6) is 0 Å². The number of nitrogens with zero attached hydrogens (tertiary/aromatic N) is 1. The first kappa shape index (κ1) is 8.22. The highest BCUT2D eigenvalue weighted by Gasteiger charge is 2.38. The average molecular weight is 183 g/mol. The van der Waals surface area contributed by atoms with E-state index in [1.807, 2.05) is 0 Å². The summed E-state index contributed by atoms with van der Waals surface area (Å²) in [6, 6.07) is 0. The first-order valence-electron chi connectivity index (χ1n) is 4.26. The van der Waals surface area contributed by atoms with Crippen LogP contribution >= 0.6 is 0 Å². The summed E-state index contributed by atoms with van der Waals surface area (Å²) in [7, 11) is 0. The minimum atomic E-state index is -0.455. The van der Waals surface area contributed by atoms with Crippen LogP contribution in [-0.2, 0) is 19.2 Å². The fourth-order valence-corrected chi connectivity index (χ4v) is 1.14. The third-order valence-corrected chi connectivity index (χ3v) is 2.10. The van der Waals surface area contributed by atoms with Crippen molar-refractivity contribution in [3.8, 4) is 0 Å². The number of amides is 2. The Bertz CT molecular complexity index is 266. The lowest BCUT2D eigenvalue weighted by Crippen LogP contribution is -2.32. The molecule has 1 heterocycles. The van der Waals surface area contributed by atoms with E-state index >= 15 is 0 Å². The SMILES string of the molecule is O=C(ON1C(=O)CCC1=O)C1CC1. The Morgan fingerprint density at radius 1 is 1.23 bits per heavy atom. The van der Waals surface area contributed by atoms with Gasteiger partial charge in [-0.2, -0.15) is 0 Å². The Hall–Kier alpha value is -1.39. The number of rotatable bonds is 2. The first-order valence-corrected chi connectivity index (χ1v) is 4.26. The summed E-state index contributed by atoms with van der Waals surface area (Å²) in [5, 5.41) is 0.598. The second kappa shape index (κ2) is 2.83. The maximum absolute atomic E-state index is 11.1. The molecule has 2 rings (SSSR count). The number of carbonyl (C=O) groups excluding carboxylic acids is 3. The molecule has 13 heavy (non-hydrogen) atoms. The standard InChI is InChI=1S/C8H9NO4/c10-6-3-4-7(11)9(6)13-8(12)5-1-2-5/h5H,1-4H2. The van der Waals surface area contributed by atoms with Crippen molar-refractivity contribution in [2.45, 2.75) is 25.7 Å². The maximum atomic E-state index is 11.1. The Kier molecular flexibility index (Phi) is 1.79. The molecule has 2 aliphatic rings. The highest BCUT2D eigenvalue weighted by atomic mass is 16.7. The van der Waals surface area contributed by atoms with Crippen LogP contribution < -0.4 is 0 Å². The Morgan fingerprint density at radius 3 is 2.23 bits per heavy atom. The first-order chi connectivity index (χ1) is 6.18. The van der Waals surface area contributed by atoms with Crippen LogP contribution in [0.1, 0.15) is 25.7 Å². The van der Waals surface area contributed by atoms with Crippen molar-refractivity contribution in [2.75, 3.05) is 0 Å².